The Balaban J connectivity index is 3.04. The molecule has 1 rings (SSSR count). The molecule has 0 atom stereocenters. The van der Waals surface area contributed by atoms with Crippen LogP contribution in [0, 0.1) is 0 Å². The topological polar surface area (TPSA) is 63.1 Å². The van der Waals surface area contributed by atoms with Gasteiger partial charge in [-0.1, -0.05) is 13.8 Å². The molecule has 0 unspecified atom stereocenters. The Labute approximate surface area is 116 Å². The van der Waals surface area contributed by atoms with Crippen LogP contribution in [0.1, 0.15) is 39.3 Å². The van der Waals surface area contributed by atoms with Gasteiger partial charge in [-0.15, -0.1) is 0 Å². The summed E-state index contributed by atoms with van der Waals surface area (Å²) in [5.41, 5.74) is 0.551. The highest BCUT2D eigenvalue weighted by atomic mass is 32.2. The van der Waals surface area contributed by atoms with Gasteiger partial charge in [0.2, 0.25) is 10.0 Å². The van der Waals surface area contributed by atoms with Gasteiger partial charge in [0.15, 0.2) is 0 Å². The van der Waals surface area contributed by atoms with E-state index in [4.69, 9.17) is 0 Å². The van der Waals surface area contributed by atoms with Crippen LogP contribution in [0.4, 0.5) is 0 Å². The number of aromatic nitrogens is 1. The van der Waals surface area contributed by atoms with Crippen molar-refractivity contribution in [3.05, 3.63) is 18.0 Å². The van der Waals surface area contributed by atoms with Gasteiger partial charge in [-0.05, 0) is 32.9 Å². The summed E-state index contributed by atoms with van der Waals surface area (Å²) in [4.78, 5) is 0.327. The van der Waals surface area contributed by atoms with Gasteiger partial charge in [-0.2, -0.15) is 0 Å². The Morgan fingerprint density at radius 1 is 1.32 bits per heavy atom. The Morgan fingerprint density at radius 2 is 1.89 bits per heavy atom. The number of rotatable bonds is 7. The van der Waals surface area contributed by atoms with E-state index in [0.29, 0.717) is 11.4 Å². The average Bonchev–Trinajstić information content (AvgIpc) is 2.72. The smallest absolute Gasteiger partial charge is 0.242 e. The molecule has 0 aliphatic rings. The van der Waals surface area contributed by atoms with Crippen LogP contribution < -0.4 is 10.0 Å². The van der Waals surface area contributed by atoms with Crippen LogP contribution in [0.25, 0.3) is 0 Å². The largest absolute Gasteiger partial charge is 0.352 e. The molecule has 0 amide bonds. The van der Waals surface area contributed by atoms with E-state index < -0.39 is 15.6 Å². The number of hydrogen-bond donors (Lipinski definition) is 2. The van der Waals surface area contributed by atoms with Crippen molar-refractivity contribution in [2.75, 3.05) is 7.05 Å². The zero-order valence-corrected chi connectivity index (χ0v) is 13.3. The maximum Gasteiger partial charge on any atom is 0.242 e. The normalized spacial score (nSPS) is 12.9. The van der Waals surface area contributed by atoms with E-state index in [9.17, 15) is 8.42 Å². The Hall–Kier alpha value is -0.850. The van der Waals surface area contributed by atoms with Gasteiger partial charge in [-0.3, -0.25) is 0 Å². The van der Waals surface area contributed by atoms with Crippen LogP contribution in [-0.4, -0.2) is 25.6 Å². The minimum atomic E-state index is -3.46. The average molecular weight is 287 g/mol. The van der Waals surface area contributed by atoms with Crippen molar-refractivity contribution in [1.82, 2.24) is 14.6 Å². The van der Waals surface area contributed by atoms with Gasteiger partial charge in [0.25, 0.3) is 0 Å². The summed E-state index contributed by atoms with van der Waals surface area (Å²) >= 11 is 0. The fourth-order valence-electron chi connectivity index (χ4n) is 1.86. The molecular formula is C13H25N3O2S. The van der Waals surface area contributed by atoms with Crippen LogP contribution in [-0.2, 0) is 23.6 Å². The van der Waals surface area contributed by atoms with E-state index in [2.05, 4.69) is 10.0 Å². The van der Waals surface area contributed by atoms with Gasteiger partial charge >= 0.3 is 0 Å². The number of sulfonamides is 1. The van der Waals surface area contributed by atoms with Crippen LogP contribution in [0.3, 0.4) is 0 Å². The monoisotopic (exact) mass is 287 g/mol. The molecule has 0 saturated heterocycles. The van der Waals surface area contributed by atoms with Crippen molar-refractivity contribution in [3.63, 3.8) is 0 Å². The molecule has 0 radical (unpaired) electrons. The van der Waals surface area contributed by atoms with E-state index in [1.165, 1.54) is 0 Å². The third-order valence-electron chi connectivity index (χ3n) is 3.69. The molecular weight excluding hydrogens is 262 g/mol. The molecule has 0 fully saturated rings. The first-order valence-electron chi connectivity index (χ1n) is 6.62. The number of nitrogens with zero attached hydrogens (tertiary/aromatic N) is 1. The molecule has 0 spiro atoms. The van der Waals surface area contributed by atoms with Crippen molar-refractivity contribution >= 4 is 10.0 Å². The lowest BCUT2D eigenvalue weighted by Crippen LogP contribution is -2.44. The summed E-state index contributed by atoms with van der Waals surface area (Å²) in [6.45, 7) is 6.56. The van der Waals surface area contributed by atoms with Gasteiger partial charge in [0.05, 0.1) is 4.90 Å². The van der Waals surface area contributed by atoms with Crippen LogP contribution >= 0.6 is 0 Å². The van der Waals surface area contributed by atoms with E-state index in [-0.39, 0.29) is 0 Å². The predicted molar refractivity (Wildman–Crippen MR) is 77.5 cm³/mol. The lowest BCUT2D eigenvalue weighted by atomic mass is 9.98. The first kappa shape index (κ1) is 16.2. The van der Waals surface area contributed by atoms with Gasteiger partial charge < -0.3 is 9.88 Å². The maximum atomic E-state index is 12.4. The van der Waals surface area contributed by atoms with Crippen molar-refractivity contribution in [3.8, 4) is 0 Å². The summed E-state index contributed by atoms with van der Waals surface area (Å²) in [5.74, 6) is 0. The molecule has 0 aliphatic heterocycles. The summed E-state index contributed by atoms with van der Waals surface area (Å²) in [7, 11) is 0.229. The van der Waals surface area contributed by atoms with Crippen molar-refractivity contribution < 1.29 is 8.42 Å². The minimum Gasteiger partial charge on any atom is -0.352 e. The molecule has 0 bridgehead atoms. The third-order valence-corrected chi connectivity index (χ3v) is 5.30. The summed E-state index contributed by atoms with van der Waals surface area (Å²) in [5, 5.41) is 3.02. The molecule has 2 N–H and O–H groups in total. The number of hydrogen-bond acceptors (Lipinski definition) is 3. The Bertz CT molecular complexity index is 516. The Morgan fingerprint density at radius 3 is 2.37 bits per heavy atom. The highest BCUT2D eigenvalue weighted by Gasteiger charge is 2.28. The molecule has 1 aromatic rings. The van der Waals surface area contributed by atoms with Crippen LogP contribution in [0.5, 0.6) is 0 Å². The lowest BCUT2D eigenvalue weighted by molar-refractivity contribution is 0.388. The second-order valence-electron chi connectivity index (χ2n) is 5.18. The van der Waals surface area contributed by atoms with E-state index in [0.717, 1.165) is 18.5 Å². The molecule has 19 heavy (non-hydrogen) atoms. The van der Waals surface area contributed by atoms with Crippen molar-refractivity contribution in [2.45, 2.75) is 50.6 Å². The van der Waals surface area contributed by atoms with E-state index in [1.807, 2.05) is 39.4 Å². The van der Waals surface area contributed by atoms with Crippen LogP contribution in [0.15, 0.2) is 17.2 Å². The lowest BCUT2D eigenvalue weighted by Gasteiger charge is -2.27. The molecule has 1 heterocycles. The van der Waals surface area contributed by atoms with Crippen LogP contribution in [0.2, 0.25) is 0 Å². The van der Waals surface area contributed by atoms with Gasteiger partial charge in [0.1, 0.15) is 0 Å². The van der Waals surface area contributed by atoms with E-state index >= 15 is 0 Å². The molecule has 0 aromatic carbocycles. The standard InChI is InChI=1S/C13H25N3O2S/c1-6-13(3,7-2)15-19(17,18)12-8-11(9-14-4)16(5)10-12/h8,10,14-15H,6-7,9H2,1-5H3. The Kier molecular flexibility index (Phi) is 5.18. The van der Waals surface area contributed by atoms with Crippen molar-refractivity contribution in [1.29, 1.82) is 0 Å². The molecule has 1 aromatic heterocycles. The minimum absolute atomic E-state index is 0.327. The first-order valence-corrected chi connectivity index (χ1v) is 8.10. The zero-order valence-electron chi connectivity index (χ0n) is 12.4. The first-order chi connectivity index (χ1) is 8.78. The SMILES string of the molecule is CCC(C)(CC)NS(=O)(=O)c1cc(CNC)n(C)c1. The molecule has 0 aliphatic carbocycles. The quantitative estimate of drug-likeness (QED) is 0.800. The van der Waals surface area contributed by atoms with E-state index in [1.54, 1.807) is 12.3 Å². The summed E-state index contributed by atoms with van der Waals surface area (Å²) in [6, 6.07) is 1.71. The second kappa shape index (κ2) is 6.07. The number of nitrogens with one attached hydrogen (secondary N) is 2. The molecule has 0 saturated carbocycles. The highest BCUT2D eigenvalue weighted by molar-refractivity contribution is 7.89. The third kappa shape index (κ3) is 3.81. The fraction of sp³-hybridized carbons (Fsp3) is 0.692. The maximum absolute atomic E-state index is 12.4. The zero-order chi connectivity index (χ0) is 14.7. The molecule has 110 valence electrons. The van der Waals surface area contributed by atoms with Gasteiger partial charge in [-0.25, -0.2) is 13.1 Å². The van der Waals surface area contributed by atoms with Gasteiger partial charge in [0, 0.05) is 31.0 Å². The van der Waals surface area contributed by atoms with Crippen molar-refractivity contribution in [2.24, 2.45) is 7.05 Å². The second-order valence-corrected chi connectivity index (χ2v) is 6.86. The molecule has 5 nitrogen and oxygen atoms in total. The molecule has 6 heteroatoms. The fourth-order valence-corrected chi connectivity index (χ4v) is 3.50. The predicted octanol–water partition coefficient (Wildman–Crippen LogP) is 1.60. The number of aryl methyl sites for hydroxylation is 1. The highest BCUT2D eigenvalue weighted by Crippen LogP contribution is 2.20. The summed E-state index contributed by atoms with van der Waals surface area (Å²) < 4.78 is 29.4. The summed E-state index contributed by atoms with van der Waals surface area (Å²) in [6.07, 6.45) is 3.18.